The van der Waals surface area contributed by atoms with Crippen LogP contribution < -0.4 is 9.47 Å². The summed E-state index contributed by atoms with van der Waals surface area (Å²) in [4.78, 5) is 15.2. The molecule has 37 heavy (non-hydrogen) atoms. The van der Waals surface area contributed by atoms with Gasteiger partial charge in [0.15, 0.2) is 5.78 Å². The predicted molar refractivity (Wildman–Crippen MR) is 141 cm³/mol. The van der Waals surface area contributed by atoms with Gasteiger partial charge in [0.2, 0.25) is 0 Å². The van der Waals surface area contributed by atoms with Crippen molar-refractivity contribution < 1.29 is 18.7 Å². The first-order chi connectivity index (χ1) is 18.0. The summed E-state index contributed by atoms with van der Waals surface area (Å²) < 4.78 is 24.3. The summed E-state index contributed by atoms with van der Waals surface area (Å²) in [6, 6.07) is 24.1. The maximum Gasteiger partial charge on any atom is 0.166 e. The second-order valence-corrected chi connectivity index (χ2v) is 9.66. The Morgan fingerprint density at radius 3 is 2.43 bits per heavy atom. The lowest BCUT2D eigenvalue weighted by atomic mass is 9.73. The number of carbonyl (C=O) groups excluding carboxylic acids is 1. The van der Waals surface area contributed by atoms with Gasteiger partial charge in [-0.15, -0.1) is 0 Å². The molecule has 1 aliphatic rings. The number of ether oxygens (including phenoxy) is 2. The zero-order chi connectivity index (χ0) is 26.3. The molecule has 1 aliphatic heterocycles. The normalized spacial score (nSPS) is 15.9. The minimum Gasteiger partial charge on any atom is -0.497 e. The van der Waals surface area contributed by atoms with Crippen LogP contribution in [-0.4, -0.2) is 44.5 Å². The highest BCUT2D eigenvalue weighted by Crippen LogP contribution is 2.38. The Hall–Kier alpha value is -3.69. The Bertz CT molecular complexity index is 1250. The van der Waals surface area contributed by atoms with Crippen molar-refractivity contribution in [1.82, 2.24) is 4.90 Å². The molecule has 3 aromatic carbocycles. The summed E-state index contributed by atoms with van der Waals surface area (Å²) >= 11 is 0. The minimum atomic E-state index is -0.792. The van der Waals surface area contributed by atoms with E-state index in [1.54, 1.807) is 26.4 Å². The van der Waals surface area contributed by atoms with E-state index in [-0.39, 0.29) is 17.5 Å². The molecule has 1 atom stereocenters. The molecule has 1 heterocycles. The molecule has 4 rings (SSSR count). The third-order valence-electron chi connectivity index (χ3n) is 7.42. The molecule has 192 valence electrons. The molecular weight excluding hydrogens is 467 g/mol. The summed E-state index contributed by atoms with van der Waals surface area (Å²) in [5.74, 6) is 1.15. The van der Waals surface area contributed by atoms with Gasteiger partial charge in [-0.2, -0.15) is 5.26 Å². The van der Waals surface area contributed by atoms with E-state index in [4.69, 9.17) is 9.47 Å². The summed E-state index contributed by atoms with van der Waals surface area (Å²) in [6.07, 6.45) is 2.65. The fourth-order valence-electron chi connectivity index (χ4n) is 5.26. The molecule has 0 aliphatic carbocycles. The Morgan fingerprint density at radius 1 is 1.03 bits per heavy atom. The van der Waals surface area contributed by atoms with Gasteiger partial charge in [-0.05, 0) is 93.3 Å². The van der Waals surface area contributed by atoms with E-state index in [0.29, 0.717) is 24.2 Å². The van der Waals surface area contributed by atoms with E-state index in [2.05, 4.69) is 11.0 Å². The highest BCUT2D eigenvalue weighted by molar-refractivity contribution is 5.97. The van der Waals surface area contributed by atoms with Crippen LogP contribution in [0.25, 0.3) is 0 Å². The second-order valence-electron chi connectivity index (χ2n) is 9.66. The number of nitriles is 1. The SMILES string of the molecule is COc1cccc(CC(C#N)(CCN2CCC(C(=O)c3ccc(F)cc3)CC2)c2ccccc2OC)c1. The molecule has 0 radical (unpaired) electrons. The molecule has 0 aromatic heterocycles. The van der Waals surface area contributed by atoms with E-state index in [0.717, 1.165) is 49.4 Å². The van der Waals surface area contributed by atoms with Crippen molar-refractivity contribution in [3.05, 3.63) is 95.3 Å². The van der Waals surface area contributed by atoms with Gasteiger partial charge < -0.3 is 14.4 Å². The van der Waals surface area contributed by atoms with E-state index in [1.807, 2.05) is 48.5 Å². The lowest BCUT2D eigenvalue weighted by Crippen LogP contribution is -2.40. The molecule has 0 bridgehead atoms. The van der Waals surface area contributed by atoms with Crippen LogP contribution in [0.1, 0.15) is 40.7 Å². The number of hydrogen-bond donors (Lipinski definition) is 0. The van der Waals surface area contributed by atoms with Crippen LogP contribution in [0.4, 0.5) is 4.39 Å². The number of Topliss-reactive ketones (excluding diaryl/α,β-unsaturated/α-hetero) is 1. The highest BCUT2D eigenvalue weighted by atomic mass is 19.1. The molecule has 1 unspecified atom stereocenters. The van der Waals surface area contributed by atoms with E-state index < -0.39 is 5.41 Å². The molecule has 0 N–H and O–H groups in total. The van der Waals surface area contributed by atoms with Gasteiger partial charge in [0.1, 0.15) is 17.3 Å². The van der Waals surface area contributed by atoms with E-state index in [9.17, 15) is 14.4 Å². The molecule has 5 nitrogen and oxygen atoms in total. The zero-order valence-corrected chi connectivity index (χ0v) is 21.5. The Labute approximate surface area is 218 Å². The summed E-state index contributed by atoms with van der Waals surface area (Å²) in [5, 5.41) is 10.6. The number of para-hydroxylation sites is 1. The standard InChI is InChI=1S/C31H33FN2O3/c1-36-27-7-5-6-23(20-27)21-31(22-33,28-8-3-4-9-29(28)37-2)16-19-34-17-14-25(15-18-34)30(35)24-10-12-26(32)13-11-24/h3-13,20,25H,14-19,21H2,1-2H3. The Kier molecular flexibility index (Phi) is 8.58. The van der Waals surface area contributed by atoms with Gasteiger partial charge in [0.05, 0.1) is 25.7 Å². The first-order valence-electron chi connectivity index (χ1n) is 12.7. The van der Waals surface area contributed by atoms with Gasteiger partial charge in [0, 0.05) is 17.0 Å². The number of rotatable bonds is 10. The van der Waals surface area contributed by atoms with Crippen molar-refractivity contribution in [2.75, 3.05) is 33.9 Å². The average Bonchev–Trinajstić information content (AvgIpc) is 2.95. The first-order valence-corrected chi connectivity index (χ1v) is 12.7. The summed E-state index contributed by atoms with van der Waals surface area (Å²) in [5.41, 5.74) is 1.68. The lowest BCUT2D eigenvalue weighted by Gasteiger charge is -2.35. The maximum atomic E-state index is 13.2. The maximum absolute atomic E-state index is 13.2. The highest BCUT2D eigenvalue weighted by Gasteiger charge is 2.36. The molecule has 6 heteroatoms. The van der Waals surface area contributed by atoms with Crippen molar-refractivity contribution in [2.24, 2.45) is 5.92 Å². The number of hydrogen-bond acceptors (Lipinski definition) is 5. The van der Waals surface area contributed by atoms with E-state index in [1.165, 1.54) is 12.1 Å². The van der Waals surface area contributed by atoms with Crippen LogP contribution in [0.2, 0.25) is 0 Å². The van der Waals surface area contributed by atoms with Crippen LogP contribution in [0, 0.1) is 23.1 Å². The molecule has 0 spiro atoms. The topological polar surface area (TPSA) is 62.6 Å². The number of benzene rings is 3. The molecule has 0 amide bonds. The number of ketones is 1. The van der Waals surface area contributed by atoms with Crippen LogP contribution in [0.3, 0.4) is 0 Å². The molecule has 3 aromatic rings. The fraction of sp³-hybridized carbons (Fsp3) is 0.355. The third-order valence-corrected chi connectivity index (χ3v) is 7.42. The van der Waals surface area contributed by atoms with Crippen LogP contribution in [-0.2, 0) is 11.8 Å². The zero-order valence-electron chi connectivity index (χ0n) is 21.5. The van der Waals surface area contributed by atoms with Gasteiger partial charge in [-0.25, -0.2) is 4.39 Å². The average molecular weight is 501 g/mol. The van der Waals surface area contributed by atoms with Crippen molar-refractivity contribution in [3.63, 3.8) is 0 Å². The second kappa shape index (κ2) is 12.0. The Morgan fingerprint density at radius 2 is 1.76 bits per heavy atom. The number of nitrogens with zero attached hydrogens (tertiary/aromatic N) is 2. The first kappa shape index (κ1) is 26.4. The minimum absolute atomic E-state index is 0.0616. The van der Waals surface area contributed by atoms with Crippen molar-refractivity contribution in [1.29, 1.82) is 5.26 Å². The van der Waals surface area contributed by atoms with Crippen molar-refractivity contribution >= 4 is 5.78 Å². The van der Waals surface area contributed by atoms with Crippen molar-refractivity contribution in [2.45, 2.75) is 31.1 Å². The molecule has 1 fully saturated rings. The monoisotopic (exact) mass is 500 g/mol. The number of halogens is 1. The number of methoxy groups -OCH3 is 2. The van der Waals surface area contributed by atoms with Gasteiger partial charge in [-0.1, -0.05) is 30.3 Å². The van der Waals surface area contributed by atoms with Crippen molar-refractivity contribution in [3.8, 4) is 17.6 Å². The molecular formula is C31H33FN2O3. The summed E-state index contributed by atoms with van der Waals surface area (Å²) in [7, 11) is 3.27. The van der Waals surface area contributed by atoms with Crippen LogP contribution in [0.15, 0.2) is 72.8 Å². The smallest absolute Gasteiger partial charge is 0.166 e. The largest absolute Gasteiger partial charge is 0.497 e. The third kappa shape index (κ3) is 6.18. The molecule has 1 saturated heterocycles. The van der Waals surface area contributed by atoms with E-state index >= 15 is 0 Å². The number of piperidine rings is 1. The Balaban J connectivity index is 1.49. The number of carbonyl (C=O) groups is 1. The van der Waals surface area contributed by atoms with Crippen LogP contribution >= 0.6 is 0 Å². The van der Waals surface area contributed by atoms with Gasteiger partial charge in [-0.3, -0.25) is 4.79 Å². The van der Waals surface area contributed by atoms with Gasteiger partial charge in [0.25, 0.3) is 0 Å². The molecule has 0 saturated carbocycles. The van der Waals surface area contributed by atoms with Crippen LogP contribution in [0.5, 0.6) is 11.5 Å². The summed E-state index contributed by atoms with van der Waals surface area (Å²) in [6.45, 7) is 2.29. The predicted octanol–water partition coefficient (Wildman–Crippen LogP) is 5.83. The lowest BCUT2D eigenvalue weighted by molar-refractivity contribution is 0.0835. The fourth-order valence-corrected chi connectivity index (χ4v) is 5.26. The number of likely N-dealkylation sites (tertiary alicyclic amines) is 1. The van der Waals surface area contributed by atoms with Gasteiger partial charge >= 0.3 is 0 Å². The quantitative estimate of drug-likeness (QED) is 0.328.